The van der Waals surface area contributed by atoms with Crippen molar-refractivity contribution < 1.29 is 13.9 Å². The number of hydrogen-bond acceptors (Lipinski definition) is 4. The Kier molecular flexibility index (Phi) is 4.90. The molecule has 1 atom stereocenters. The Morgan fingerprint density at radius 1 is 1.26 bits per heavy atom. The minimum Gasteiger partial charge on any atom is -0.493 e. The zero-order valence-electron chi connectivity index (χ0n) is 14.9. The summed E-state index contributed by atoms with van der Waals surface area (Å²) in [6, 6.07) is 14.1. The molecule has 2 aromatic carbocycles. The first-order valence-electron chi connectivity index (χ1n) is 8.82. The average molecular weight is 382 g/mol. The summed E-state index contributed by atoms with van der Waals surface area (Å²) >= 11 is 1.32. The predicted molar refractivity (Wildman–Crippen MR) is 104 cm³/mol. The van der Waals surface area contributed by atoms with Crippen molar-refractivity contribution in [1.29, 1.82) is 0 Å². The Bertz CT molecular complexity index is 969. The second kappa shape index (κ2) is 7.48. The molecular formula is C21H19FN2O2S. The van der Waals surface area contributed by atoms with Crippen LogP contribution in [0.25, 0.3) is 10.6 Å². The lowest BCUT2D eigenvalue weighted by atomic mass is 9.97. The number of para-hydroxylation sites is 1. The summed E-state index contributed by atoms with van der Waals surface area (Å²) < 4.78 is 18.9. The lowest BCUT2D eigenvalue weighted by Crippen LogP contribution is -2.34. The highest BCUT2D eigenvalue weighted by Crippen LogP contribution is 2.29. The number of aryl methyl sites for hydroxylation is 1. The van der Waals surface area contributed by atoms with Gasteiger partial charge in [0, 0.05) is 18.0 Å². The molecule has 0 saturated heterocycles. The highest BCUT2D eigenvalue weighted by molar-refractivity contribution is 7.17. The molecule has 1 aliphatic rings. The standard InChI is InChI=1S/C21H19FN2O2S/c1-13-19(27-21(24-13)15-6-8-17(22)9-7-15)20(25)23-11-14-10-16-4-2-3-5-18(16)26-12-14/h2-9,14H,10-12H2,1H3,(H,23,25). The average Bonchev–Trinajstić information content (AvgIpc) is 3.08. The van der Waals surface area contributed by atoms with Crippen LogP contribution in [0.4, 0.5) is 4.39 Å². The molecule has 1 amide bonds. The molecule has 1 aliphatic heterocycles. The Hall–Kier alpha value is -2.73. The van der Waals surface area contributed by atoms with Gasteiger partial charge in [-0.1, -0.05) is 18.2 Å². The van der Waals surface area contributed by atoms with Gasteiger partial charge in [-0.3, -0.25) is 4.79 Å². The van der Waals surface area contributed by atoms with E-state index in [4.69, 9.17) is 4.74 Å². The maximum absolute atomic E-state index is 13.1. The molecule has 3 aromatic rings. The quantitative estimate of drug-likeness (QED) is 0.734. The highest BCUT2D eigenvalue weighted by Gasteiger charge is 2.22. The van der Waals surface area contributed by atoms with E-state index in [1.807, 2.05) is 25.1 Å². The number of nitrogens with one attached hydrogen (secondary N) is 1. The molecule has 27 heavy (non-hydrogen) atoms. The number of carbonyl (C=O) groups is 1. The maximum Gasteiger partial charge on any atom is 0.263 e. The highest BCUT2D eigenvalue weighted by atomic mass is 32.1. The van der Waals surface area contributed by atoms with Crippen molar-refractivity contribution in [3.05, 3.63) is 70.5 Å². The number of benzene rings is 2. The third-order valence-electron chi connectivity index (χ3n) is 4.60. The van der Waals surface area contributed by atoms with E-state index in [2.05, 4.69) is 16.4 Å². The van der Waals surface area contributed by atoms with Gasteiger partial charge in [0.15, 0.2) is 0 Å². The van der Waals surface area contributed by atoms with E-state index in [-0.39, 0.29) is 17.6 Å². The van der Waals surface area contributed by atoms with Crippen LogP contribution in [0.1, 0.15) is 20.9 Å². The second-order valence-electron chi connectivity index (χ2n) is 6.64. The number of carbonyl (C=O) groups excluding carboxylic acids is 1. The predicted octanol–water partition coefficient (Wildman–Crippen LogP) is 4.24. The van der Waals surface area contributed by atoms with E-state index < -0.39 is 0 Å². The van der Waals surface area contributed by atoms with Gasteiger partial charge in [0.25, 0.3) is 5.91 Å². The molecule has 4 nitrogen and oxygen atoms in total. The van der Waals surface area contributed by atoms with E-state index in [0.29, 0.717) is 28.7 Å². The third kappa shape index (κ3) is 3.85. The van der Waals surface area contributed by atoms with Crippen LogP contribution < -0.4 is 10.1 Å². The van der Waals surface area contributed by atoms with Crippen molar-refractivity contribution in [2.45, 2.75) is 13.3 Å². The van der Waals surface area contributed by atoms with Crippen LogP contribution in [0.2, 0.25) is 0 Å². The Balaban J connectivity index is 1.41. The number of rotatable bonds is 4. The minimum atomic E-state index is -0.290. The van der Waals surface area contributed by atoms with Crippen molar-refractivity contribution in [3.8, 4) is 16.3 Å². The number of fused-ring (bicyclic) bond motifs is 1. The molecule has 0 bridgehead atoms. The fraction of sp³-hybridized carbons (Fsp3) is 0.238. The lowest BCUT2D eigenvalue weighted by Gasteiger charge is -2.25. The minimum absolute atomic E-state index is 0.128. The van der Waals surface area contributed by atoms with E-state index in [9.17, 15) is 9.18 Å². The zero-order chi connectivity index (χ0) is 18.8. The summed E-state index contributed by atoms with van der Waals surface area (Å²) in [6.07, 6.45) is 0.888. The van der Waals surface area contributed by atoms with Gasteiger partial charge in [-0.15, -0.1) is 11.3 Å². The number of nitrogens with zero attached hydrogens (tertiary/aromatic N) is 1. The van der Waals surface area contributed by atoms with Crippen molar-refractivity contribution in [2.75, 3.05) is 13.2 Å². The fourth-order valence-corrected chi connectivity index (χ4v) is 4.15. The van der Waals surface area contributed by atoms with Gasteiger partial charge in [-0.25, -0.2) is 9.37 Å². The molecule has 1 N–H and O–H groups in total. The molecular weight excluding hydrogens is 363 g/mol. The van der Waals surface area contributed by atoms with E-state index in [0.717, 1.165) is 17.7 Å². The van der Waals surface area contributed by atoms with Crippen LogP contribution >= 0.6 is 11.3 Å². The van der Waals surface area contributed by atoms with Gasteiger partial charge in [0.1, 0.15) is 21.5 Å². The molecule has 1 unspecified atom stereocenters. The van der Waals surface area contributed by atoms with Crippen LogP contribution in [0.5, 0.6) is 5.75 Å². The van der Waals surface area contributed by atoms with Gasteiger partial charge in [0.2, 0.25) is 0 Å². The van der Waals surface area contributed by atoms with Gasteiger partial charge in [-0.05, 0) is 49.2 Å². The largest absolute Gasteiger partial charge is 0.493 e. The molecule has 0 saturated carbocycles. The van der Waals surface area contributed by atoms with E-state index >= 15 is 0 Å². The van der Waals surface area contributed by atoms with Crippen LogP contribution in [0.3, 0.4) is 0 Å². The van der Waals surface area contributed by atoms with Gasteiger partial charge in [0.05, 0.1) is 12.3 Å². The van der Waals surface area contributed by atoms with Crippen LogP contribution in [-0.2, 0) is 6.42 Å². The van der Waals surface area contributed by atoms with Crippen molar-refractivity contribution >= 4 is 17.2 Å². The van der Waals surface area contributed by atoms with E-state index in [1.165, 1.54) is 29.0 Å². The smallest absolute Gasteiger partial charge is 0.263 e. The number of hydrogen-bond donors (Lipinski definition) is 1. The normalized spacial score (nSPS) is 15.7. The number of halogens is 1. The number of ether oxygens (including phenoxy) is 1. The summed E-state index contributed by atoms with van der Waals surface area (Å²) in [5.41, 5.74) is 2.67. The van der Waals surface area contributed by atoms with Gasteiger partial charge < -0.3 is 10.1 Å². The first-order valence-corrected chi connectivity index (χ1v) is 9.64. The number of aromatic nitrogens is 1. The SMILES string of the molecule is Cc1nc(-c2ccc(F)cc2)sc1C(=O)NCC1COc2ccccc2C1. The summed E-state index contributed by atoms with van der Waals surface area (Å²) in [6.45, 7) is 2.97. The van der Waals surface area contributed by atoms with Crippen LogP contribution in [-0.4, -0.2) is 24.0 Å². The van der Waals surface area contributed by atoms with E-state index in [1.54, 1.807) is 12.1 Å². The molecule has 0 aliphatic carbocycles. The third-order valence-corrected chi connectivity index (χ3v) is 5.81. The monoisotopic (exact) mass is 382 g/mol. The Morgan fingerprint density at radius 3 is 2.85 bits per heavy atom. The first-order chi connectivity index (χ1) is 13.1. The van der Waals surface area contributed by atoms with Gasteiger partial charge >= 0.3 is 0 Å². The number of thiazole rings is 1. The molecule has 2 heterocycles. The molecule has 0 radical (unpaired) electrons. The summed E-state index contributed by atoms with van der Waals surface area (Å²) in [5, 5.41) is 3.72. The summed E-state index contributed by atoms with van der Waals surface area (Å²) in [7, 11) is 0. The zero-order valence-corrected chi connectivity index (χ0v) is 15.7. The van der Waals surface area contributed by atoms with Crippen molar-refractivity contribution in [3.63, 3.8) is 0 Å². The van der Waals surface area contributed by atoms with Crippen molar-refractivity contribution in [2.24, 2.45) is 5.92 Å². The first kappa shape index (κ1) is 17.7. The van der Waals surface area contributed by atoms with Crippen LogP contribution in [0, 0.1) is 18.7 Å². The molecule has 4 rings (SSSR count). The lowest BCUT2D eigenvalue weighted by molar-refractivity contribution is 0.0942. The van der Waals surface area contributed by atoms with Crippen LogP contribution in [0.15, 0.2) is 48.5 Å². The maximum atomic E-state index is 13.1. The Morgan fingerprint density at radius 2 is 2.04 bits per heavy atom. The molecule has 1 aromatic heterocycles. The Labute approximate surface area is 161 Å². The summed E-state index contributed by atoms with van der Waals surface area (Å²) in [4.78, 5) is 17.7. The molecule has 0 spiro atoms. The summed E-state index contributed by atoms with van der Waals surface area (Å²) in [5.74, 6) is 0.759. The fourth-order valence-electron chi connectivity index (χ4n) is 3.16. The number of amides is 1. The van der Waals surface area contributed by atoms with Crippen molar-refractivity contribution in [1.82, 2.24) is 10.3 Å². The van der Waals surface area contributed by atoms with Gasteiger partial charge in [-0.2, -0.15) is 0 Å². The molecule has 6 heteroatoms. The second-order valence-corrected chi connectivity index (χ2v) is 7.64. The molecule has 138 valence electrons. The molecule has 0 fully saturated rings. The topological polar surface area (TPSA) is 51.2 Å².